The Bertz CT molecular complexity index is 684. The molecule has 1 aromatic rings. The third-order valence-corrected chi connectivity index (χ3v) is 3.76. The number of benzene rings is 1. The Morgan fingerprint density at radius 3 is 2.48 bits per heavy atom. The van der Waals surface area contributed by atoms with Crippen molar-refractivity contribution in [1.82, 2.24) is 16.0 Å². The minimum atomic E-state index is -0.721. The highest BCUT2D eigenvalue weighted by Crippen LogP contribution is 2.18. The molecule has 0 aromatic heterocycles. The second-order valence-electron chi connectivity index (χ2n) is 8.38. The number of aliphatic hydroxyl groups excluding tert-OH is 1. The molecule has 0 heterocycles. The van der Waals surface area contributed by atoms with E-state index in [1.807, 2.05) is 59.7 Å². The van der Waals surface area contributed by atoms with Gasteiger partial charge in [0.05, 0.1) is 25.3 Å². The van der Waals surface area contributed by atoms with E-state index in [0.717, 1.165) is 5.56 Å². The van der Waals surface area contributed by atoms with Crippen LogP contribution in [0.3, 0.4) is 0 Å². The van der Waals surface area contributed by atoms with E-state index < -0.39 is 23.3 Å². The lowest BCUT2D eigenvalue weighted by atomic mass is 10.1. The molecule has 0 spiro atoms. The highest BCUT2D eigenvalue weighted by molar-refractivity contribution is 5.80. The molecule has 1 unspecified atom stereocenters. The monoisotopic (exact) mass is 408 g/mol. The number of amides is 1. The van der Waals surface area contributed by atoms with Crippen molar-refractivity contribution in [1.29, 1.82) is 0 Å². The van der Waals surface area contributed by atoms with Crippen LogP contribution in [0.5, 0.6) is 5.75 Å². The maximum atomic E-state index is 12.0. The molecule has 164 valence electrons. The van der Waals surface area contributed by atoms with Crippen LogP contribution >= 0.6 is 0 Å². The average molecular weight is 409 g/mol. The number of nitrogens with zero attached hydrogens (tertiary/aromatic N) is 1. The number of hydrogen-bond acceptors (Lipinski definition) is 5. The molecule has 4 N–H and O–H groups in total. The fraction of sp³-hybridized carbons (Fsp3) is 0.619. The molecule has 0 fully saturated rings. The van der Waals surface area contributed by atoms with E-state index in [1.165, 1.54) is 0 Å². The third kappa shape index (κ3) is 10.0. The van der Waals surface area contributed by atoms with E-state index in [4.69, 9.17) is 9.47 Å². The standard InChI is InChI=1S/C21H36N4O4/c1-8-22-18(23-13-17(26)15-10-9-11-16(12-15)28-7)24-14-21(5,6)25-19(27)29-20(2,3)4/h9-12,17,26H,8,13-14H2,1-7H3,(H,25,27)(H2,22,23,24). The summed E-state index contributed by atoms with van der Waals surface area (Å²) in [6, 6.07) is 7.30. The lowest BCUT2D eigenvalue weighted by Crippen LogP contribution is -2.49. The summed E-state index contributed by atoms with van der Waals surface area (Å²) < 4.78 is 10.5. The van der Waals surface area contributed by atoms with E-state index in [0.29, 0.717) is 24.8 Å². The van der Waals surface area contributed by atoms with Crippen LogP contribution in [0.25, 0.3) is 0 Å². The van der Waals surface area contributed by atoms with E-state index in [2.05, 4.69) is 20.9 Å². The molecule has 1 atom stereocenters. The van der Waals surface area contributed by atoms with Gasteiger partial charge in [0, 0.05) is 13.1 Å². The van der Waals surface area contributed by atoms with Crippen molar-refractivity contribution in [3.8, 4) is 5.75 Å². The molecule has 29 heavy (non-hydrogen) atoms. The summed E-state index contributed by atoms with van der Waals surface area (Å²) in [6.07, 6.45) is -1.20. The van der Waals surface area contributed by atoms with Gasteiger partial charge in [-0.2, -0.15) is 0 Å². The van der Waals surface area contributed by atoms with Gasteiger partial charge in [-0.15, -0.1) is 0 Å². The van der Waals surface area contributed by atoms with Gasteiger partial charge in [-0.3, -0.25) is 4.99 Å². The summed E-state index contributed by atoms with van der Waals surface area (Å²) in [5.41, 5.74) is -0.411. The number of rotatable bonds is 8. The number of ether oxygens (including phenoxy) is 2. The molecule has 1 aromatic carbocycles. The highest BCUT2D eigenvalue weighted by Gasteiger charge is 2.24. The van der Waals surface area contributed by atoms with Crippen LogP contribution in [-0.2, 0) is 4.74 Å². The van der Waals surface area contributed by atoms with Crippen molar-refractivity contribution in [2.75, 3.05) is 26.7 Å². The van der Waals surface area contributed by atoms with Crippen LogP contribution < -0.4 is 20.7 Å². The first-order chi connectivity index (χ1) is 13.5. The maximum absolute atomic E-state index is 12.0. The van der Waals surface area contributed by atoms with Crippen molar-refractivity contribution in [2.24, 2.45) is 4.99 Å². The summed E-state index contributed by atoms with van der Waals surface area (Å²) in [4.78, 5) is 16.5. The van der Waals surface area contributed by atoms with Crippen LogP contribution in [0.4, 0.5) is 4.79 Å². The highest BCUT2D eigenvalue weighted by atomic mass is 16.6. The first-order valence-corrected chi connectivity index (χ1v) is 9.81. The van der Waals surface area contributed by atoms with Crippen LogP contribution in [0.1, 0.15) is 53.2 Å². The van der Waals surface area contributed by atoms with Crippen molar-refractivity contribution in [2.45, 2.75) is 58.8 Å². The Morgan fingerprint density at radius 2 is 1.90 bits per heavy atom. The smallest absolute Gasteiger partial charge is 0.408 e. The lowest BCUT2D eigenvalue weighted by Gasteiger charge is -2.27. The van der Waals surface area contributed by atoms with Crippen molar-refractivity contribution < 1.29 is 19.4 Å². The SMILES string of the molecule is CCNC(=NCC(C)(C)NC(=O)OC(C)(C)C)NCC(O)c1cccc(OC)c1. The zero-order chi connectivity index (χ0) is 22.1. The first kappa shape index (κ1) is 24.6. The van der Waals surface area contributed by atoms with Crippen molar-refractivity contribution in [3.63, 3.8) is 0 Å². The molecule has 1 rings (SSSR count). The van der Waals surface area contributed by atoms with Crippen LogP contribution in [-0.4, -0.2) is 55.0 Å². The van der Waals surface area contributed by atoms with Crippen molar-refractivity contribution in [3.05, 3.63) is 29.8 Å². The third-order valence-electron chi connectivity index (χ3n) is 3.76. The fourth-order valence-corrected chi connectivity index (χ4v) is 2.40. The minimum absolute atomic E-state index is 0.277. The Labute approximate surface area is 174 Å². The number of methoxy groups -OCH3 is 1. The number of carbonyl (C=O) groups is 1. The van der Waals surface area contributed by atoms with Gasteiger partial charge < -0.3 is 30.5 Å². The van der Waals surface area contributed by atoms with Crippen LogP contribution in [0.15, 0.2) is 29.3 Å². The van der Waals surface area contributed by atoms with Gasteiger partial charge in [-0.05, 0) is 59.2 Å². The molecule has 8 nitrogen and oxygen atoms in total. The predicted molar refractivity (Wildman–Crippen MR) is 115 cm³/mol. The summed E-state index contributed by atoms with van der Waals surface area (Å²) in [5.74, 6) is 1.24. The predicted octanol–water partition coefficient (Wildman–Crippen LogP) is 2.59. The molecule has 0 aliphatic rings. The van der Waals surface area contributed by atoms with Gasteiger partial charge in [-0.1, -0.05) is 12.1 Å². The maximum Gasteiger partial charge on any atom is 0.408 e. The normalized spacial score (nSPS) is 13.4. The zero-order valence-electron chi connectivity index (χ0n) is 18.6. The summed E-state index contributed by atoms with van der Waals surface area (Å²) in [5, 5.41) is 19.5. The number of hydrogen-bond donors (Lipinski definition) is 4. The summed E-state index contributed by atoms with van der Waals surface area (Å²) >= 11 is 0. The summed E-state index contributed by atoms with van der Waals surface area (Å²) in [6.45, 7) is 12.4. The molecular formula is C21H36N4O4. The van der Waals surface area contributed by atoms with Gasteiger partial charge in [-0.25, -0.2) is 4.79 Å². The fourth-order valence-electron chi connectivity index (χ4n) is 2.40. The Hall–Kier alpha value is -2.48. The zero-order valence-corrected chi connectivity index (χ0v) is 18.6. The van der Waals surface area contributed by atoms with Gasteiger partial charge >= 0.3 is 6.09 Å². The summed E-state index contributed by atoms with van der Waals surface area (Å²) in [7, 11) is 1.59. The molecule has 8 heteroatoms. The van der Waals surface area contributed by atoms with Gasteiger partial charge in [0.2, 0.25) is 0 Å². The second kappa shape index (κ2) is 10.9. The van der Waals surface area contributed by atoms with Crippen molar-refractivity contribution >= 4 is 12.1 Å². The first-order valence-electron chi connectivity index (χ1n) is 9.81. The molecule has 0 aliphatic carbocycles. The van der Waals surface area contributed by atoms with Crippen LogP contribution in [0.2, 0.25) is 0 Å². The molecule has 0 radical (unpaired) electrons. The molecule has 0 bridgehead atoms. The molecule has 0 aliphatic heterocycles. The quantitative estimate of drug-likeness (QED) is 0.389. The number of aliphatic hydroxyl groups is 1. The Balaban J connectivity index is 2.68. The topological polar surface area (TPSA) is 104 Å². The number of aliphatic imine (C=N–C) groups is 1. The number of guanidine groups is 1. The number of nitrogens with one attached hydrogen (secondary N) is 3. The molecule has 1 amide bonds. The molecule has 0 saturated carbocycles. The van der Waals surface area contributed by atoms with Gasteiger partial charge in [0.25, 0.3) is 0 Å². The van der Waals surface area contributed by atoms with E-state index in [1.54, 1.807) is 13.2 Å². The van der Waals surface area contributed by atoms with E-state index in [-0.39, 0.29) is 6.54 Å². The van der Waals surface area contributed by atoms with E-state index in [9.17, 15) is 9.90 Å². The van der Waals surface area contributed by atoms with Gasteiger partial charge in [0.1, 0.15) is 11.4 Å². The largest absolute Gasteiger partial charge is 0.497 e. The van der Waals surface area contributed by atoms with Gasteiger partial charge in [0.15, 0.2) is 5.96 Å². The molecular weight excluding hydrogens is 372 g/mol. The second-order valence-corrected chi connectivity index (χ2v) is 8.38. The Morgan fingerprint density at radius 1 is 1.21 bits per heavy atom. The minimum Gasteiger partial charge on any atom is -0.497 e. The lowest BCUT2D eigenvalue weighted by molar-refractivity contribution is 0.0476. The molecule has 0 saturated heterocycles. The number of carbonyl (C=O) groups excluding carboxylic acids is 1. The van der Waals surface area contributed by atoms with E-state index >= 15 is 0 Å². The number of alkyl carbamates (subject to hydrolysis) is 1. The average Bonchev–Trinajstić information content (AvgIpc) is 2.61. The Kier molecular flexibility index (Phi) is 9.23. The van der Waals surface area contributed by atoms with Crippen LogP contribution in [0, 0.1) is 0 Å².